The predicted molar refractivity (Wildman–Crippen MR) is 131 cm³/mol. The second-order valence-corrected chi connectivity index (χ2v) is 9.37. The van der Waals surface area contributed by atoms with E-state index in [0.717, 1.165) is 41.2 Å². The van der Waals surface area contributed by atoms with Gasteiger partial charge in [-0.1, -0.05) is 5.16 Å². The summed E-state index contributed by atoms with van der Waals surface area (Å²) in [4.78, 5) is 39.1. The van der Waals surface area contributed by atoms with E-state index in [1.807, 2.05) is 0 Å². The molecule has 9 nitrogen and oxygen atoms in total. The molecule has 6 rings (SSSR count). The summed E-state index contributed by atoms with van der Waals surface area (Å²) in [6.45, 7) is 0.103. The van der Waals surface area contributed by atoms with Crippen molar-refractivity contribution in [1.29, 1.82) is 0 Å². The van der Waals surface area contributed by atoms with Crippen LogP contribution >= 0.6 is 0 Å². The van der Waals surface area contributed by atoms with Gasteiger partial charge in [0.1, 0.15) is 22.9 Å². The van der Waals surface area contributed by atoms with Crippen LogP contribution in [-0.4, -0.2) is 50.5 Å². The third kappa shape index (κ3) is 4.42. The van der Waals surface area contributed by atoms with Gasteiger partial charge in [-0.15, -0.1) is 0 Å². The number of hydrogen-bond donors (Lipinski definition) is 1. The number of rotatable bonds is 4. The number of oxime groups is 1. The maximum atomic E-state index is 15.4. The van der Waals surface area contributed by atoms with Gasteiger partial charge in [0.05, 0.1) is 29.2 Å². The van der Waals surface area contributed by atoms with E-state index in [1.54, 1.807) is 0 Å². The number of carboxylic acids is 1. The summed E-state index contributed by atoms with van der Waals surface area (Å²) in [6, 6.07) is 5.28. The van der Waals surface area contributed by atoms with Gasteiger partial charge in [-0.25, -0.2) is 22.9 Å². The zero-order valence-electron chi connectivity index (χ0n) is 20.4. The lowest BCUT2D eigenvalue weighted by Crippen LogP contribution is -2.26. The highest BCUT2D eigenvalue weighted by Crippen LogP contribution is 2.35. The van der Waals surface area contributed by atoms with Crippen molar-refractivity contribution in [3.05, 3.63) is 93.3 Å². The SMILES string of the molecule is O=C(O)c1cn(-c2ccc(F)cc2F)c2nc(N3CC4ON=C(c5ccc(C(F)(F)F)nc5)C4C3)c(F)cc2c1=O. The third-order valence-electron chi connectivity index (χ3n) is 6.87. The molecular formula is C26H15F6N5O4. The zero-order chi connectivity index (χ0) is 29.2. The molecule has 0 radical (unpaired) electrons. The first-order chi connectivity index (χ1) is 19.4. The van der Waals surface area contributed by atoms with Crippen LogP contribution in [0.15, 0.2) is 58.7 Å². The predicted octanol–water partition coefficient (Wildman–Crippen LogP) is 4.15. The van der Waals surface area contributed by atoms with Gasteiger partial charge in [-0.2, -0.15) is 13.2 Å². The number of nitrogens with zero attached hydrogens (tertiary/aromatic N) is 5. The molecule has 1 fully saturated rings. The van der Waals surface area contributed by atoms with E-state index in [0.29, 0.717) is 11.8 Å². The number of aromatic nitrogens is 3. The Hall–Kier alpha value is -4.95. The van der Waals surface area contributed by atoms with Crippen LogP contribution in [0.3, 0.4) is 0 Å². The molecule has 0 aliphatic carbocycles. The molecular weight excluding hydrogens is 560 g/mol. The fourth-order valence-electron chi connectivity index (χ4n) is 4.94. The average Bonchev–Trinajstić information content (AvgIpc) is 3.50. The molecule has 4 aromatic rings. The van der Waals surface area contributed by atoms with Crippen molar-refractivity contribution in [2.45, 2.75) is 12.3 Å². The van der Waals surface area contributed by atoms with E-state index in [4.69, 9.17) is 4.84 Å². The molecule has 1 saturated heterocycles. The number of hydrogen-bond acceptors (Lipinski definition) is 7. The Morgan fingerprint density at radius 2 is 1.83 bits per heavy atom. The van der Waals surface area contributed by atoms with Crippen LogP contribution in [0.1, 0.15) is 21.6 Å². The first-order valence-corrected chi connectivity index (χ1v) is 11.9. The molecule has 0 saturated carbocycles. The van der Waals surface area contributed by atoms with E-state index in [9.17, 15) is 36.6 Å². The van der Waals surface area contributed by atoms with E-state index in [1.165, 1.54) is 11.0 Å². The van der Waals surface area contributed by atoms with Gasteiger partial charge in [0.2, 0.25) is 5.43 Å². The van der Waals surface area contributed by atoms with Crippen LogP contribution in [0.2, 0.25) is 0 Å². The quantitative estimate of drug-likeness (QED) is 0.364. The lowest BCUT2D eigenvalue weighted by Gasteiger charge is -2.20. The number of aromatic carboxylic acids is 1. The molecule has 0 amide bonds. The fraction of sp³-hybridized carbons (Fsp3) is 0.192. The van der Waals surface area contributed by atoms with Crippen molar-refractivity contribution < 1.29 is 41.1 Å². The highest BCUT2D eigenvalue weighted by Gasteiger charge is 2.44. The third-order valence-corrected chi connectivity index (χ3v) is 6.87. The fourth-order valence-corrected chi connectivity index (χ4v) is 4.94. The van der Waals surface area contributed by atoms with Gasteiger partial charge >= 0.3 is 12.1 Å². The number of carbonyl (C=O) groups is 1. The molecule has 210 valence electrons. The minimum atomic E-state index is -4.62. The Morgan fingerprint density at radius 3 is 2.49 bits per heavy atom. The summed E-state index contributed by atoms with van der Waals surface area (Å²) >= 11 is 0. The maximum absolute atomic E-state index is 15.4. The molecule has 15 heteroatoms. The largest absolute Gasteiger partial charge is 0.477 e. The van der Waals surface area contributed by atoms with Gasteiger partial charge in [-0.3, -0.25) is 14.3 Å². The highest BCUT2D eigenvalue weighted by atomic mass is 19.4. The standard InChI is InChI=1S/C26H15F6N5O4/c27-12-2-3-18(16(28)5-12)37-9-15(25(39)40)22(38)13-6-17(29)24(34-23(13)37)36-8-14-19(10-36)41-35-21(14)11-1-4-20(33-7-11)26(30,31)32/h1-7,9,14,19H,8,10H2,(H,39,40). The van der Waals surface area contributed by atoms with Crippen molar-refractivity contribution in [3.8, 4) is 5.69 Å². The van der Waals surface area contributed by atoms with Gasteiger partial charge < -0.3 is 14.8 Å². The van der Waals surface area contributed by atoms with Crippen molar-refractivity contribution in [1.82, 2.24) is 14.5 Å². The van der Waals surface area contributed by atoms with Crippen LogP contribution in [0.25, 0.3) is 16.7 Å². The lowest BCUT2D eigenvalue weighted by atomic mass is 9.96. The molecule has 0 bridgehead atoms. The van der Waals surface area contributed by atoms with Gasteiger partial charge in [-0.05, 0) is 30.3 Å². The average molecular weight is 575 g/mol. The number of anilines is 1. The van der Waals surface area contributed by atoms with Gasteiger partial charge in [0.25, 0.3) is 0 Å². The molecule has 1 N–H and O–H groups in total. The lowest BCUT2D eigenvalue weighted by molar-refractivity contribution is -0.141. The number of pyridine rings is 3. The van der Waals surface area contributed by atoms with Crippen molar-refractivity contribution >= 4 is 28.5 Å². The minimum Gasteiger partial charge on any atom is -0.477 e. The number of fused-ring (bicyclic) bond motifs is 2. The molecule has 41 heavy (non-hydrogen) atoms. The van der Waals surface area contributed by atoms with Crippen LogP contribution in [0.5, 0.6) is 0 Å². The van der Waals surface area contributed by atoms with Gasteiger partial charge in [0, 0.05) is 30.6 Å². The number of alkyl halides is 3. The Morgan fingerprint density at radius 1 is 1.05 bits per heavy atom. The summed E-state index contributed by atoms with van der Waals surface area (Å²) < 4.78 is 83.3. The summed E-state index contributed by atoms with van der Waals surface area (Å²) in [5.74, 6) is -5.41. The summed E-state index contributed by atoms with van der Waals surface area (Å²) in [5, 5.41) is 13.0. The number of benzene rings is 1. The topological polar surface area (TPSA) is 110 Å². The first kappa shape index (κ1) is 26.3. The maximum Gasteiger partial charge on any atom is 0.433 e. The van der Waals surface area contributed by atoms with Crippen LogP contribution < -0.4 is 10.3 Å². The molecule has 2 aliphatic rings. The Kier molecular flexibility index (Phi) is 5.97. The van der Waals surface area contributed by atoms with Crippen LogP contribution in [-0.2, 0) is 11.0 Å². The smallest absolute Gasteiger partial charge is 0.433 e. The van der Waals surface area contributed by atoms with E-state index in [-0.39, 0.29) is 35.8 Å². The summed E-state index contributed by atoms with van der Waals surface area (Å²) in [6.07, 6.45) is -3.40. The van der Waals surface area contributed by atoms with E-state index < -0.39 is 63.7 Å². The highest BCUT2D eigenvalue weighted by molar-refractivity contribution is 6.03. The monoisotopic (exact) mass is 575 g/mol. The van der Waals surface area contributed by atoms with Gasteiger partial charge in [0.15, 0.2) is 23.4 Å². The molecule has 5 heterocycles. The molecule has 2 atom stereocenters. The first-order valence-electron chi connectivity index (χ1n) is 11.9. The molecule has 2 aliphatic heterocycles. The van der Waals surface area contributed by atoms with E-state index in [2.05, 4.69) is 15.1 Å². The second kappa shape index (κ2) is 9.31. The minimum absolute atomic E-state index is 0.0451. The van der Waals surface area contributed by atoms with Crippen molar-refractivity contribution in [2.75, 3.05) is 18.0 Å². The molecule has 1 aromatic carbocycles. The van der Waals surface area contributed by atoms with E-state index >= 15 is 4.39 Å². The summed E-state index contributed by atoms with van der Waals surface area (Å²) in [5.41, 5.74) is -2.98. The molecule has 0 spiro atoms. The van der Waals surface area contributed by atoms with Crippen LogP contribution in [0.4, 0.5) is 32.2 Å². The summed E-state index contributed by atoms with van der Waals surface area (Å²) in [7, 11) is 0. The molecule has 3 aromatic heterocycles. The Balaban J connectivity index is 1.40. The second-order valence-electron chi connectivity index (χ2n) is 9.37. The molecule has 2 unspecified atom stereocenters. The Labute approximate surface area is 224 Å². The van der Waals surface area contributed by atoms with Crippen LogP contribution in [0, 0.1) is 23.4 Å². The van der Waals surface area contributed by atoms with Crippen molar-refractivity contribution in [3.63, 3.8) is 0 Å². The Bertz CT molecular complexity index is 1820. The number of halogens is 6. The zero-order valence-corrected chi connectivity index (χ0v) is 20.4. The normalized spacial score (nSPS) is 18.4. The number of carboxylic acid groups (broad SMARTS) is 1. The van der Waals surface area contributed by atoms with Crippen molar-refractivity contribution in [2.24, 2.45) is 11.1 Å².